The van der Waals surface area contributed by atoms with Crippen molar-refractivity contribution < 1.29 is 9.59 Å². The average Bonchev–Trinajstić information content (AvgIpc) is 2.39. The van der Waals surface area contributed by atoms with Gasteiger partial charge in [-0.25, -0.2) is 0 Å². The molecule has 5 nitrogen and oxygen atoms in total. The van der Waals surface area contributed by atoms with Crippen LogP contribution in [0.25, 0.3) is 0 Å². The fraction of sp³-hybridized carbons (Fsp3) is 0.875. The van der Waals surface area contributed by atoms with Gasteiger partial charge in [-0.05, 0) is 44.6 Å². The molecule has 0 aliphatic heterocycles. The molecule has 0 bridgehead atoms. The molecule has 0 rings (SSSR count). The van der Waals surface area contributed by atoms with Gasteiger partial charge in [0, 0.05) is 19.5 Å². The van der Waals surface area contributed by atoms with Gasteiger partial charge in [0.2, 0.25) is 11.8 Å². The van der Waals surface area contributed by atoms with E-state index in [1.54, 1.807) is 4.90 Å². The molecule has 5 heteroatoms. The summed E-state index contributed by atoms with van der Waals surface area (Å²) < 4.78 is 0. The van der Waals surface area contributed by atoms with E-state index in [9.17, 15) is 9.59 Å². The number of nitrogens with two attached hydrogens (primary N) is 1. The van der Waals surface area contributed by atoms with Gasteiger partial charge in [-0.1, -0.05) is 20.8 Å². The van der Waals surface area contributed by atoms with Gasteiger partial charge in [0.05, 0.1) is 6.54 Å². The van der Waals surface area contributed by atoms with Gasteiger partial charge >= 0.3 is 0 Å². The first kappa shape index (κ1) is 19.9. The van der Waals surface area contributed by atoms with Crippen molar-refractivity contribution in [1.29, 1.82) is 0 Å². The van der Waals surface area contributed by atoms with Crippen LogP contribution in [0.15, 0.2) is 0 Å². The molecule has 0 aromatic heterocycles. The number of rotatable bonds is 9. The number of hydrogen-bond donors (Lipinski definition) is 2. The van der Waals surface area contributed by atoms with Crippen molar-refractivity contribution in [2.75, 3.05) is 26.2 Å². The Balaban J connectivity index is 4.45. The first-order chi connectivity index (χ1) is 9.76. The quantitative estimate of drug-likeness (QED) is 0.681. The number of nitrogens with one attached hydrogen (secondary N) is 1. The summed E-state index contributed by atoms with van der Waals surface area (Å²) in [4.78, 5) is 25.5. The summed E-state index contributed by atoms with van der Waals surface area (Å²) in [5, 5.41) is 2.73. The summed E-state index contributed by atoms with van der Waals surface area (Å²) in [6.45, 7) is 12.3. The second-order valence-corrected chi connectivity index (χ2v) is 6.54. The number of carbonyl (C=O) groups is 2. The maximum Gasteiger partial charge on any atom is 0.239 e. The molecular formula is C16H33N3O2. The lowest BCUT2D eigenvalue weighted by molar-refractivity contribution is -0.136. The predicted octanol–water partition coefficient (Wildman–Crippen LogP) is 1.76. The second kappa shape index (κ2) is 9.77. The highest BCUT2D eigenvalue weighted by Crippen LogP contribution is 2.32. The smallest absolute Gasteiger partial charge is 0.239 e. The molecular weight excluding hydrogens is 266 g/mol. The third kappa shape index (κ3) is 8.05. The van der Waals surface area contributed by atoms with Crippen LogP contribution in [0.2, 0.25) is 0 Å². The lowest BCUT2D eigenvalue weighted by Crippen LogP contribution is -2.40. The van der Waals surface area contributed by atoms with E-state index in [4.69, 9.17) is 5.73 Å². The summed E-state index contributed by atoms with van der Waals surface area (Å²) in [6, 6.07) is 0. The van der Waals surface area contributed by atoms with Gasteiger partial charge < -0.3 is 16.0 Å². The van der Waals surface area contributed by atoms with Crippen molar-refractivity contribution in [3.63, 3.8) is 0 Å². The lowest BCUT2D eigenvalue weighted by atomic mass is 9.76. The molecule has 0 aromatic carbocycles. The standard InChI is InChI=1S/C16H33N3O2/c1-6-18-14(20)12-19(7-2)15(21)9-8-13(10-11-17)16(3,4)5/h13H,6-12,17H2,1-5H3,(H,18,20). The van der Waals surface area contributed by atoms with Crippen LogP contribution >= 0.6 is 0 Å². The first-order valence-electron chi connectivity index (χ1n) is 8.00. The normalized spacial score (nSPS) is 12.9. The number of likely N-dealkylation sites (N-methyl/N-ethyl adjacent to an activating group) is 2. The van der Waals surface area contributed by atoms with Gasteiger partial charge in [0.1, 0.15) is 0 Å². The monoisotopic (exact) mass is 299 g/mol. The Labute approximate surface area is 129 Å². The molecule has 1 atom stereocenters. The highest BCUT2D eigenvalue weighted by Gasteiger charge is 2.25. The van der Waals surface area contributed by atoms with Gasteiger partial charge in [0.15, 0.2) is 0 Å². The zero-order valence-corrected chi connectivity index (χ0v) is 14.4. The summed E-state index contributed by atoms with van der Waals surface area (Å²) in [5.41, 5.74) is 5.82. The number of amides is 2. The Bertz CT molecular complexity index is 324. The number of nitrogens with zero attached hydrogens (tertiary/aromatic N) is 1. The maximum atomic E-state index is 12.3. The molecule has 1 unspecified atom stereocenters. The van der Waals surface area contributed by atoms with Crippen LogP contribution in [0.3, 0.4) is 0 Å². The third-order valence-corrected chi connectivity index (χ3v) is 3.89. The molecule has 0 saturated carbocycles. The molecule has 0 aliphatic rings. The first-order valence-corrected chi connectivity index (χ1v) is 8.00. The van der Waals surface area contributed by atoms with Crippen LogP contribution in [0.5, 0.6) is 0 Å². The van der Waals surface area contributed by atoms with Crippen molar-refractivity contribution in [2.45, 2.75) is 53.9 Å². The SMILES string of the molecule is CCNC(=O)CN(CC)C(=O)CCC(CCN)C(C)(C)C. The highest BCUT2D eigenvalue weighted by molar-refractivity contribution is 5.84. The Morgan fingerprint density at radius 1 is 1.19 bits per heavy atom. The highest BCUT2D eigenvalue weighted by atomic mass is 16.2. The van der Waals surface area contributed by atoms with E-state index in [1.807, 2.05) is 13.8 Å². The minimum Gasteiger partial charge on any atom is -0.355 e. The summed E-state index contributed by atoms with van der Waals surface area (Å²) in [6.07, 6.45) is 2.24. The molecule has 0 fully saturated rings. The van der Waals surface area contributed by atoms with Crippen LogP contribution < -0.4 is 11.1 Å². The topological polar surface area (TPSA) is 75.4 Å². The van der Waals surface area contributed by atoms with E-state index in [0.29, 0.717) is 32.0 Å². The van der Waals surface area contributed by atoms with E-state index >= 15 is 0 Å². The summed E-state index contributed by atoms with van der Waals surface area (Å²) in [7, 11) is 0. The molecule has 0 heterocycles. The number of carbonyl (C=O) groups excluding carboxylic acids is 2. The minimum absolute atomic E-state index is 0.0509. The zero-order chi connectivity index (χ0) is 16.5. The minimum atomic E-state index is -0.0953. The van der Waals surface area contributed by atoms with Crippen molar-refractivity contribution in [3.05, 3.63) is 0 Å². The molecule has 2 amide bonds. The summed E-state index contributed by atoms with van der Waals surface area (Å²) in [5.74, 6) is 0.381. The van der Waals surface area contributed by atoms with Crippen LogP contribution in [-0.4, -0.2) is 42.9 Å². The molecule has 0 saturated heterocycles. The summed E-state index contributed by atoms with van der Waals surface area (Å²) >= 11 is 0. The molecule has 124 valence electrons. The molecule has 0 radical (unpaired) electrons. The van der Waals surface area contributed by atoms with Crippen molar-refractivity contribution >= 4 is 11.8 Å². The van der Waals surface area contributed by atoms with E-state index in [2.05, 4.69) is 26.1 Å². The molecule has 0 aromatic rings. The fourth-order valence-electron chi connectivity index (χ4n) is 2.47. The molecule has 3 N–H and O–H groups in total. The van der Waals surface area contributed by atoms with Crippen LogP contribution in [-0.2, 0) is 9.59 Å². The zero-order valence-electron chi connectivity index (χ0n) is 14.4. The van der Waals surface area contributed by atoms with Crippen LogP contribution in [0.1, 0.15) is 53.9 Å². The molecule has 0 spiro atoms. The average molecular weight is 299 g/mol. The van der Waals surface area contributed by atoms with Crippen LogP contribution in [0, 0.1) is 11.3 Å². The van der Waals surface area contributed by atoms with E-state index < -0.39 is 0 Å². The van der Waals surface area contributed by atoms with Crippen molar-refractivity contribution in [2.24, 2.45) is 17.1 Å². The Morgan fingerprint density at radius 3 is 2.24 bits per heavy atom. The van der Waals surface area contributed by atoms with E-state index in [0.717, 1.165) is 12.8 Å². The van der Waals surface area contributed by atoms with Gasteiger partial charge in [-0.15, -0.1) is 0 Å². The largest absolute Gasteiger partial charge is 0.355 e. The molecule has 21 heavy (non-hydrogen) atoms. The lowest BCUT2D eigenvalue weighted by Gasteiger charge is -2.31. The Morgan fingerprint density at radius 2 is 1.81 bits per heavy atom. The van der Waals surface area contributed by atoms with E-state index in [-0.39, 0.29) is 23.8 Å². The van der Waals surface area contributed by atoms with E-state index in [1.165, 1.54) is 0 Å². The van der Waals surface area contributed by atoms with Gasteiger partial charge in [-0.2, -0.15) is 0 Å². The third-order valence-electron chi connectivity index (χ3n) is 3.89. The Hall–Kier alpha value is -1.10. The van der Waals surface area contributed by atoms with Crippen LogP contribution in [0.4, 0.5) is 0 Å². The predicted molar refractivity (Wildman–Crippen MR) is 86.8 cm³/mol. The van der Waals surface area contributed by atoms with Gasteiger partial charge in [0.25, 0.3) is 0 Å². The van der Waals surface area contributed by atoms with Crippen molar-refractivity contribution in [1.82, 2.24) is 10.2 Å². The van der Waals surface area contributed by atoms with Crippen molar-refractivity contribution in [3.8, 4) is 0 Å². The maximum absolute atomic E-state index is 12.3. The second-order valence-electron chi connectivity index (χ2n) is 6.54. The number of hydrogen-bond acceptors (Lipinski definition) is 3. The van der Waals surface area contributed by atoms with Gasteiger partial charge in [-0.3, -0.25) is 9.59 Å². The Kier molecular flexibility index (Phi) is 9.26. The fourth-order valence-corrected chi connectivity index (χ4v) is 2.47. The molecule has 0 aliphatic carbocycles.